The van der Waals surface area contributed by atoms with Gasteiger partial charge in [0.2, 0.25) is 0 Å². The summed E-state index contributed by atoms with van der Waals surface area (Å²) in [5.74, 6) is 0.880. The minimum Gasteiger partial charge on any atom is -0.497 e. The Labute approximate surface area is 178 Å². The van der Waals surface area contributed by atoms with Gasteiger partial charge in [0.25, 0.3) is 5.91 Å². The van der Waals surface area contributed by atoms with Crippen LogP contribution in [-0.4, -0.2) is 43.2 Å². The molecule has 1 aliphatic carbocycles. The average molecular weight is 406 g/mol. The van der Waals surface area contributed by atoms with Crippen molar-refractivity contribution in [1.82, 2.24) is 4.90 Å². The topological polar surface area (TPSA) is 58.8 Å². The molecule has 0 unspecified atom stereocenters. The van der Waals surface area contributed by atoms with E-state index in [-0.39, 0.29) is 5.91 Å². The first kappa shape index (κ1) is 19.4. The number of benzene rings is 2. The molecule has 2 fully saturated rings. The molecule has 158 valence electrons. The number of methoxy groups -OCH3 is 1. The van der Waals surface area contributed by atoms with Crippen LogP contribution in [0.5, 0.6) is 5.75 Å². The highest BCUT2D eigenvalue weighted by atomic mass is 16.5. The van der Waals surface area contributed by atoms with Crippen molar-refractivity contribution in [3.05, 3.63) is 59.7 Å². The maximum Gasteiger partial charge on any atom is 0.264 e. The van der Waals surface area contributed by atoms with Gasteiger partial charge in [-0.3, -0.25) is 10.5 Å². The highest BCUT2D eigenvalue weighted by Gasteiger charge is 2.69. The average Bonchev–Trinajstić information content (AvgIpc) is 3.12. The van der Waals surface area contributed by atoms with Crippen molar-refractivity contribution in [2.45, 2.75) is 55.6 Å². The molecule has 0 bridgehead atoms. The highest BCUT2D eigenvalue weighted by Crippen LogP contribution is 2.56. The molecule has 2 N–H and O–H groups in total. The van der Waals surface area contributed by atoms with Crippen LogP contribution in [0.15, 0.2) is 48.5 Å². The number of likely N-dealkylation sites (tertiary alicyclic amines) is 1. The zero-order valence-corrected chi connectivity index (χ0v) is 17.9. The molecule has 2 aliphatic heterocycles. The minimum absolute atomic E-state index is 0.0722. The second kappa shape index (κ2) is 7.02. The number of rotatable bonds is 4. The Morgan fingerprint density at radius 1 is 1.10 bits per heavy atom. The molecule has 0 spiro atoms. The summed E-state index contributed by atoms with van der Waals surface area (Å²) in [6.45, 7) is 0.659. The lowest BCUT2D eigenvalue weighted by atomic mass is 9.70. The van der Waals surface area contributed by atoms with E-state index in [0.717, 1.165) is 36.3 Å². The van der Waals surface area contributed by atoms with Gasteiger partial charge in [-0.2, -0.15) is 0 Å². The second-order valence-corrected chi connectivity index (χ2v) is 9.18. The summed E-state index contributed by atoms with van der Waals surface area (Å²) < 4.78 is 5.56. The van der Waals surface area contributed by atoms with Crippen molar-refractivity contribution in [2.24, 2.45) is 5.73 Å². The molecule has 1 amide bonds. The monoisotopic (exact) mass is 405 g/mol. The van der Waals surface area contributed by atoms with Gasteiger partial charge in [-0.15, -0.1) is 0 Å². The molecule has 5 heteroatoms. The van der Waals surface area contributed by atoms with E-state index >= 15 is 0 Å². The van der Waals surface area contributed by atoms with Crippen LogP contribution < -0.4 is 15.4 Å². The second-order valence-electron chi connectivity index (χ2n) is 9.18. The minimum atomic E-state index is -1.09. The number of carbonyl (C=O) groups excluding carboxylic acids is 1. The Kier molecular flexibility index (Phi) is 4.55. The first-order chi connectivity index (χ1) is 14.5. The normalized spacial score (nSPS) is 28.6. The van der Waals surface area contributed by atoms with Crippen LogP contribution in [-0.2, 0) is 16.6 Å². The van der Waals surface area contributed by atoms with Crippen molar-refractivity contribution >= 4 is 11.6 Å². The molecule has 30 heavy (non-hydrogen) atoms. The van der Waals surface area contributed by atoms with Crippen LogP contribution >= 0.6 is 0 Å². The zero-order chi connectivity index (χ0) is 20.9. The molecule has 1 saturated heterocycles. The highest BCUT2D eigenvalue weighted by molar-refractivity contribution is 5.98. The molecule has 2 aromatic carbocycles. The fourth-order valence-electron chi connectivity index (χ4n) is 6.09. The fourth-order valence-corrected chi connectivity index (χ4v) is 6.09. The van der Waals surface area contributed by atoms with Gasteiger partial charge in [-0.25, -0.2) is 0 Å². The smallest absolute Gasteiger partial charge is 0.264 e. The number of ether oxygens (including phenoxy) is 1. The van der Waals surface area contributed by atoms with Crippen LogP contribution in [0.3, 0.4) is 0 Å². The zero-order valence-electron chi connectivity index (χ0n) is 17.9. The van der Waals surface area contributed by atoms with E-state index in [2.05, 4.69) is 35.2 Å². The van der Waals surface area contributed by atoms with E-state index < -0.39 is 11.1 Å². The third-order valence-electron chi connectivity index (χ3n) is 7.73. The van der Waals surface area contributed by atoms with Gasteiger partial charge >= 0.3 is 0 Å². The number of anilines is 1. The number of fused-ring (bicyclic) bond motifs is 3. The first-order valence-electron chi connectivity index (χ1n) is 11.1. The van der Waals surface area contributed by atoms with Gasteiger partial charge in [0.05, 0.1) is 12.5 Å². The Morgan fingerprint density at radius 2 is 1.83 bits per heavy atom. The molecule has 1 saturated carbocycles. The van der Waals surface area contributed by atoms with Crippen LogP contribution in [0, 0.1) is 0 Å². The molecule has 0 aromatic heterocycles. The van der Waals surface area contributed by atoms with Gasteiger partial charge in [-0.1, -0.05) is 49.6 Å². The van der Waals surface area contributed by atoms with Gasteiger partial charge < -0.3 is 14.5 Å². The molecular weight excluding hydrogens is 374 g/mol. The van der Waals surface area contributed by atoms with E-state index in [1.165, 1.54) is 24.8 Å². The number of likely N-dealkylation sites (N-methyl/N-ethyl adjacent to an activating group) is 1. The number of nitrogens with zero attached hydrogens (tertiary/aromatic N) is 2. The number of amides is 1. The van der Waals surface area contributed by atoms with Crippen LogP contribution in [0.1, 0.15) is 43.2 Å². The third kappa shape index (κ3) is 2.54. The summed E-state index contributed by atoms with van der Waals surface area (Å²) in [6.07, 6.45) is 6.54. The molecule has 0 radical (unpaired) electrons. The maximum absolute atomic E-state index is 14.0. The van der Waals surface area contributed by atoms with Crippen molar-refractivity contribution < 1.29 is 9.53 Å². The van der Waals surface area contributed by atoms with E-state index in [1.54, 1.807) is 7.11 Å². The summed E-state index contributed by atoms with van der Waals surface area (Å²) in [7, 11) is 3.66. The maximum atomic E-state index is 14.0. The van der Waals surface area contributed by atoms with E-state index in [0.29, 0.717) is 12.6 Å². The quantitative estimate of drug-likeness (QED) is 0.846. The van der Waals surface area contributed by atoms with Gasteiger partial charge in [0, 0.05) is 25.3 Å². The molecule has 3 aliphatic rings. The summed E-state index contributed by atoms with van der Waals surface area (Å²) in [5, 5.41) is 0. The molecule has 2 atom stereocenters. The lowest BCUT2D eigenvalue weighted by Gasteiger charge is -2.39. The van der Waals surface area contributed by atoms with Crippen LogP contribution in [0.2, 0.25) is 0 Å². The van der Waals surface area contributed by atoms with Crippen molar-refractivity contribution in [2.75, 3.05) is 25.6 Å². The van der Waals surface area contributed by atoms with Crippen molar-refractivity contribution in [3.8, 4) is 5.75 Å². The van der Waals surface area contributed by atoms with E-state index in [4.69, 9.17) is 10.5 Å². The van der Waals surface area contributed by atoms with Gasteiger partial charge in [0.15, 0.2) is 5.66 Å². The first-order valence-corrected chi connectivity index (χ1v) is 11.1. The standard InChI is InChI=1S/C25H31N3O2/c1-27-22-14-13-20(30-2)15-21(22)24(16-18-9-5-3-6-10-18)17-28(23(29)25(24,27)26)19-11-7-4-8-12-19/h3,5-6,9-10,13-15,19H,4,7-8,11-12,16-17,26H2,1-2H3/t24-,25-/m1/s1. The van der Waals surface area contributed by atoms with E-state index in [9.17, 15) is 4.79 Å². The summed E-state index contributed by atoms with van der Waals surface area (Å²) >= 11 is 0. The van der Waals surface area contributed by atoms with Gasteiger partial charge in [-0.05, 0) is 48.6 Å². The Morgan fingerprint density at radius 3 is 2.53 bits per heavy atom. The van der Waals surface area contributed by atoms with Crippen LogP contribution in [0.4, 0.5) is 5.69 Å². The number of carbonyl (C=O) groups is 1. The molecule has 2 heterocycles. The summed E-state index contributed by atoms with van der Waals surface area (Å²) in [6, 6.07) is 16.8. The fraction of sp³-hybridized carbons (Fsp3) is 0.480. The molecule has 5 rings (SSSR count). The molecule has 2 aromatic rings. The van der Waals surface area contributed by atoms with E-state index in [1.807, 2.05) is 30.1 Å². The van der Waals surface area contributed by atoms with Crippen molar-refractivity contribution in [1.29, 1.82) is 0 Å². The molecule has 5 nitrogen and oxygen atoms in total. The van der Waals surface area contributed by atoms with Crippen molar-refractivity contribution in [3.63, 3.8) is 0 Å². The predicted octanol–water partition coefficient (Wildman–Crippen LogP) is 3.46. The molecular formula is C25H31N3O2. The SMILES string of the molecule is COc1ccc2c(c1)[C@@]1(Cc3ccccc3)CN(C3CCCCC3)C(=O)[C@@]1(N)N2C. The third-order valence-corrected chi connectivity index (χ3v) is 7.73. The Balaban J connectivity index is 1.67. The van der Waals surface area contributed by atoms with Gasteiger partial charge in [0.1, 0.15) is 5.75 Å². The summed E-state index contributed by atoms with van der Waals surface area (Å²) in [4.78, 5) is 18.1. The Bertz CT molecular complexity index is 956. The number of hydrogen-bond donors (Lipinski definition) is 1. The predicted molar refractivity (Wildman–Crippen MR) is 119 cm³/mol. The van der Waals surface area contributed by atoms with Crippen LogP contribution in [0.25, 0.3) is 0 Å². The largest absolute Gasteiger partial charge is 0.497 e. The number of nitrogens with two attached hydrogens (primary N) is 1. The summed E-state index contributed by atoms with van der Waals surface area (Å²) in [5.41, 5.74) is 8.93. The number of hydrogen-bond acceptors (Lipinski definition) is 4. The lowest BCUT2D eigenvalue weighted by molar-refractivity contribution is -0.134. The lowest BCUT2D eigenvalue weighted by Crippen LogP contribution is -2.66. The Hall–Kier alpha value is -2.53.